The Morgan fingerprint density at radius 3 is 1.34 bits per heavy atom. The first-order chi connectivity index (χ1) is 29.8. The van der Waals surface area contributed by atoms with Gasteiger partial charge in [0.05, 0.1) is 0 Å². The van der Waals surface area contributed by atoms with Crippen molar-refractivity contribution in [1.29, 1.82) is 0 Å². The van der Waals surface area contributed by atoms with Crippen LogP contribution in [0.1, 0.15) is 76.0 Å². The maximum atomic E-state index is 2.55. The van der Waals surface area contributed by atoms with E-state index in [-0.39, 0.29) is 6.71 Å². The molecule has 2 aliphatic heterocycles. The zero-order valence-electron chi connectivity index (χ0n) is 36.2. The summed E-state index contributed by atoms with van der Waals surface area (Å²) in [6.45, 7) is 14.2. The Labute approximate surface area is 364 Å². The van der Waals surface area contributed by atoms with Gasteiger partial charge in [-0.3, -0.25) is 0 Å². The maximum Gasteiger partial charge on any atom is 0.247 e. The summed E-state index contributed by atoms with van der Waals surface area (Å²) >= 11 is 0. The van der Waals surface area contributed by atoms with E-state index in [1.54, 1.807) is 0 Å². The third kappa shape index (κ3) is 6.22. The first kappa shape index (κ1) is 38.8. The van der Waals surface area contributed by atoms with Gasteiger partial charge in [0, 0.05) is 34.1 Å². The molecular formula is C57H53BN2Si. The predicted octanol–water partition coefficient (Wildman–Crippen LogP) is 10.5. The number of fused-ring (bicyclic) bond motifs is 4. The van der Waals surface area contributed by atoms with Gasteiger partial charge in [-0.1, -0.05) is 199 Å². The molecule has 0 aromatic heterocycles. The summed E-state index contributed by atoms with van der Waals surface area (Å²) in [6, 6.07) is 73.6. The van der Waals surface area contributed by atoms with E-state index in [1.807, 2.05) is 0 Å². The van der Waals surface area contributed by atoms with Crippen LogP contribution in [-0.2, 0) is 0 Å². The number of anilines is 6. The van der Waals surface area contributed by atoms with E-state index < -0.39 is 8.07 Å². The minimum atomic E-state index is -2.75. The number of nitrogens with zero attached hydrogens (tertiary/aromatic N) is 2. The molecule has 2 aliphatic rings. The predicted molar refractivity (Wildman–Crippen MR) is 266 cm³/mol. The van der Waals surface area contributed by atoms with Crippen LogP contribution >= 0.6 is 0 Å². The van der Waals surface area contributed by atoms with Gasteiger partial charge in [-0.05, 0) is 109 Å². The van der Waals surface area contributed by atoms with Gasteiger partial charge < -0.3 is 9.80 Å². The van der Waals surface area contributed by atoms with Crippen molar-refractivity contribution in [3.05, 3.63) is 211 Å². The molecule has 0 bridgehead atoms. The fourth-order valence-electron chi connectivity index (χ4n) is 10.5. The molecule has 0 N–H and O–H groups in total. The lowest BCUT2D eigenvalue weighted by Gasteiger charge is -2.45. The zero-order chi connectivity index (χ0) is 41.8. The Kier molecular flexibility index (Phi) is 9.92. The largest absolute Gasteiger partial charge is 0.311 e. The molecule has 4 heteroatoms. The highest BCUT2D eigenvalue weighted by atomic mass is 28.3. The third-order valence-corrected chi connectivity index (χ3v) is 18.2. The zero-order valence-corrected chi connectivity index (χ0v) is 37.2. The minimum Gasteiger partial charge on any atom is -0.311 e. The fraction of sp³-hybridized carbons (Fsp3) is 0.158. The molecular weight excluding hydrogens is 752 g/mol. The van der Waals surface area contributed by atoms with Crippen LogP contribution in [0.25, 0.3) is 0 Å². The van der Waals surface area contributed by atoms with Gasteiger partial charge in [0.15, 0.2) is 8.07 Å². The van der Waals surface area contributed by atoms with Gasteiger partial charge in [0.2, 0.25) is 6.71 Å². The quantitative estimate of drug-likeness (QED) is 0.141. The second-order valence-electron chi connectivity index (χ2n) is 17.8. The maximum absolute atomic E-state index is 2.75. The van der Waals surface area contributed by atoms with Crippen molar-refractivity contribution in [3.63, 3.8) is 0 Å². The minimum absolute atomic E-state index is 0.0633. The Morgan fingerprint density at radius 2 is 0.820 bits per heavy atom. The molecule has 0 radical (unpaired) electrons. The van der Waals surface area contributed by atoms with Crippen molar-refractivity contribution in [2.45, 2.75) is 59.3 Å². The van der Waals surface area contributed by atoms with Crippen molar-refractivity contribution >= 4 is 86.0 Å². The van der Waals surface area contributed by atoms with E-state index in [0.29, 0.717) is 17.8 Å². The number of rotatable bonds is 8. The number of para-hydroxylation sites is 4. The van der Waals surface area contributed by atoms with Gasteiger partial charge in [-0.2, -0.15) is 0 Å². The Balaban J connectivity index is 1.26. The van der Waals surface area contributed by atoms with Gasteiger partial charge in [-0.15, -0.1) is 0 Å². The van der Waals surface area contributed by atoms with E-state index in [2.05, 4.69) is 245 Å². The molecule has 2 nitrogen and oxygen atoms in total. The molecule has 8 aromatic rings. The average molecular weight is 805 g/mol. The summed E-state index contributed by atoms with van der Waals surface area (Å²) in [5, 5.41) is 5.60. The second-order valence-corrected chi connectivity index (χ2v) is 21.6. The van der Waals surface area contributed by atoms with Crippen LogP contribution in [0, 0.1) is 0 Å². The molecule has 0 saturated carbocycles. The summed E-state index contributed by atoms with van der Waals surface area (Å²) in [5.74, 6) is 1.19. The van der Waals surface area contributed by atoms with Crippen molar-refractivity contribution in [3.8, 4) is 0 Å². The van der Waals surface area contributed by atoms with Gasteiger partial charge >= 0.3 is 0 Å². The van der Waals surface area contributed by atoms with Crippen LogP contribution in [0.5, 0.6) is 0 Å². The van der Waals surface area contributed by atoms with Gasteiger partial charge in [-0.25, -0.2) is 0 Å². The molecule has 0 atom stereocenters. The van der Waals surface area contributed by atoms with Crippen LogP contribution < -0.4 is 46.9 Å². The highest BCUT2D eigenvalue weighted by Gasteiger charge is 2.49. The molecule has 0 fully saturated rings. The number of benzene rings is 8. The smallest absolute Gasteiger partial charge is 0.247 e. The van der Waals surface area contributed by atoms with Gasteiger partial charge in [0.25, 0.3) is 0 Å². The van der Waals surface area contributed by atoms with Crippen LogP contribution in [0.15, 0.2) is 194 Å². The van der Waals surface area contributed by atoms with E-state index >= 15 is 0 Å². The van der Waals surface area contributed by atoms with Crippen LogP contribution in [0.2, 0.25) is 0 Å². The van der Waals surface area contributed by atoms with Crippen molar-refractivity contribution in [2.24, 2.45) is 0 Å². The first-order valence-corrected chi connectivity index (χ1v) is 24.1. The second kappa shape index (κ2) is 15.6. The molecule has 0 unspecified atom stereocenters. The summed E-state index contributed by atoms with van der Waals surface area (Å²) < 4.78 is 0. The standard InChI is InChI=1S/C57H53BN2Si/c1-39(2)42-36-47(40(3)4)57(48(37-42)41(5)6)58-49-28-16-17-29-51(49)59(43-22-10-7-11-23-43)54-38-44(34-35-50(54)58)60-52-30-18-20-32-55(52)61(45-24-12-8-13-25-45,46-26-14-9-15-27-46)56-33-21-19-31-53(56)60/h7-41H,1-6H3. The van der Waals surface area contributed by atoms with Crippen molar-refractivity contribution < 1.29 is 0 Å². The highest BCUT2D eigenvalue weighted by Crippen LogP contribution is 2.43. The Morgan fingerprint density at radius 1 is 0.377 bits per heavy atom. The summed E-state index contributed by atoms with van der Waals surface area (Å²) in [4.78, 5) is 5.07. The molecule has 0 saturated heterocycles. The first-order valence-electron chi connectivity index (χ1n) is 22.1. The lowest BCUT2D eigenvalue weighted by Crippen LogP contribution is -2.77. The highest BCUT2D eigenvalue weighted by molar-refractivity contribution is 7.21. The van der Waals surface area contributed by atoms with Crippen molar-refractivity contribution in [1.82, 2.24) is 0 Å². The van der Waals surface area contributed by atoms with E-state index in [0.717, 1.165) is 11.4 Å². The lowest BCUT2D eigenvalue weighted by atomic mass is 9.33. The van der Waals surface area contributed by atoms with Crippen LogP contribution in [0.3, 0.4) is 0 Å². The molecule has 298 valence electrons. The number of hydrogen-bond donors (Lipinski definition) is 0. The summed E-state index contributed by atoms with van der Waals surface area (Å²) in [6.07, 6.45) is 0. The molecule has 61 heavy (non-hydrogen) atoms. The molecule has 0 amide bonds. The fourth-order valence-corrected chi connectivity index (χ4v) is 15.6. The number of hydrogen-bond acceptors (Lipinski definition) is 2. The monoisotopic (exact) mass is 804 g/mol. The van der Waals surface area contributed by atoms with E-state index in [4.69, 9.17) is 0 Å². The molecule has 8 aromatic carbocycles. The van der Waals surface area contributed by atoms with Gasteiger partial charge in [0.1, 0.15) is 0 Å². The Bertz CT molecular complexity index is 2750. The summed E-state index contributed by atoms with van der Waals surface area (Å²) in [5.41, 5.74) is 15.8. The molecule has 2 heterocycles. The topological polar surface area (TPSA) is 6.48 Å². The molecule has 0 spiro atoms. The average Bonchev–Trinajstić information content (AvgIpc) is 3.30. The van der Waals surface area contributed by atoms with Crippen LogP contribution in [-0.4, -0.2) is 14.8 Å². The third-order valence-electron chi connectivity index (χ3n) is 13.3. The van der Waals surface area contributed by atoms with Crippen molar-refractivity contribution in [2.75, 3.05) is 9.80 Å². The normalized spacial score (nSPS) is 13.9. The van der Waals surface area contributed by atoms with Crippen LogP contribution in [0.4, 0.5) is 34.1 Å². The van der Waals surface area contributed by atoms with E-state index in [9.17, 15) is 0 Å². The molecule has 10 rings (SSSR count). The Hall–Kier alpha value is -6.36. The summed E-state index contributed by atoms with van der Waals surface area (Å²) in [7, 11) is -2.75. The molecule has 0 aliphatic carbocycles. The van der Waals surface area contributed by atoms with E-state index in [1.165, 1.54) is 76.6 Å². The lowest BCUT2D eigenvalue weighted by molar-refractivity contribution is 0.812. The SMILES string of the molecule is CC(C)c1cc(C(C)C)c(B2c3ccccc3N(c3ccccc3)c3cc(N4c5ccccc5[Si](c5ccccc5)(c5ccccc5)c5ccccc54)ccc32)c(C(C)C)c1.